The lowest BCUT2D eigenvalue weighted by atomic mass is 9.98. The van der Waals surface area contributed by atoms with Crippen molar-refractivity contribution in [1.29, 1.82) is 0 Å². The first-order valence-corrected chi connectivity index (χ1v) is 5.90. The summed E-state index contributed by atoms with van der Waals surface area (Å²) in [6.07, 6.45) is 2.24. The smallest absolute Gasteiger partial charge is 0.0306 e. The molecule has 1 unspecified atom stereocenters. The summed E-state index contributed by atoms with van der Waals surface area (Å²) >= 11 is 3.52. The van der Waals surface area contributed by atoms with Crippen LogP contribution in [0.5, 0.6) is 0 Å². The molecule has 0 aliphatic heterocycles. The molecule has 14 heavy (non-hydrogen) atoms. The predicted octanol–water partition coefficient (Wildman–Crippen LogP) is 3.89. The predicted molar refractivity (Wildman–Crippen MR) is 65.1 cm³/mol. The first kappa shape index (κ1) is 11.7. The van der Waals surface area contributed by atoms with Gasteiger partial charge in [-0.25, -0.2) is 0 Å². The molecule has 0 aromatic heterocycles. The van der Waals surface area contributed by atoms with Crippen molar-refractivity contribution in [2.24, 2.45) is 11.7 Å². The van der Waals surface area contributed by atoms with Crippen LogP contribution in [0.1, 0.15) is 38.3 Å². The van der Waals surface area contributed by atoms with Gasteiger partial charge < -0.3 is 5.73 Å². The number of rotatable bonds is 4. The third kappa shape index (κ3) is 3.43. The second-order valence-corrected chi connectivity index (χ2v) is 4.95. The largest absolute Gasteiger partial charge is 0.324 e. The van der Waals surface area contributed by atoms with Gasteiger partial charge in [-0.15, -0.1) is 0 Å². The van der Waals surface area contributed by atoms with Crippen LogP contribution in [0.15, 0.2) is 28.7 Å². The average Bonchev–Trinajstić information content (AvgIpc) is 2.15. The first-order chi connectivity index (χ1) is 6.61. The van der Waals surface area contributed by atoms with Crippen molar-refractivity contribution in [2.75, 3.05) is 0 Å². The molecule has 1 rings (SSSR count). The van der Waals surface area contributed by atoms with Gasteiger partial charge in [-0.1, -0.05) is 48.0 Å². The second-order valence-electron chi connectivity index (χ2n) is 4.10. The highest BCUT2D eigenvalue weighted by Gasteiger charge is 2.09. The number of hydrogen-bond acceptors (Lipinski definition) is 1. The molecule has 2 heteroatoms. The molecule has 0 saturated heterocycles. The minimum atomic E-state index is 0.160. The molecule has 2 N–H and O–H groups in total. The second kappa shape index (κ2) is 5.52. The van der Waals surface area contributed by atoms with E-state index in [2.05, 4.69) is 35.8 Å². The van der Waals surface area contributed by atoms with E-state index in [1.807, 2.05) is 18.2 Å². The quantitative estimate of drug-likeness (QED) is 0.869. The van der Waals surface area contributed by atoms with Crippen molar-refractivity contribution in [3.63, 3.8) is 0 Å². The average molecular weight is 256 g/mol. The lowest BCUT2D eigenvalue weighted by Gasteiger charge is -2.14. The molecule has 78 valence electrons. The zero-order chi connectivity index (χ0) is 10.6. The van der Waals surface area contributed by atoms with Gasteiger partial charge >= 0.3 is 0 Å². The van der Waals surface area contributed by atoms with Crippen LogP contribution < -0.4 is 5.73 Å². The van der Waals surface area contributed by atoms with Gasteiger partial charge in [-0.2, -0.15) is 0 Å². The van der Waals surface area contributed by atoms with Gasteiger partial charge in [0.25, 0.3) is 0 Å². The Bertz CT molecular complexity index is 283. The first-order valence-electron chi connectivity index (χ1n) is 5.11. The fraction of sp³-hybridized carbons (Fsp3) is 0.500. The van der Waals surface area contributed by atoms with Crippen LogP contribution in [-0.2, 0) is 0 Å². The maximum Gasteiger partial charge on any atom is 0.0306 e. The molecule has 0 spiro atoms. The van der Waals surface area contributed by atoms with Crippen LogP contribution in [-0.4, -0.2) is 0 Å². The summed E-state index contributed by atoms with van der Waals surface area (Å²) in [7, 11) is 0. The topological polar surface area (TPSA) is 26.0 Å². The van der Waals surface area contributed by atoms with E-state index in [4.69, 9.17) is 5.73 Å². The number of halogens is 1. The number of benzene rings is 1. The van der Waals surface area contributed by atoms with E-state index in [0.717, 1.165) is 16.8 Å². The van der Waals surface area contributed by atoms with Crippen molar-refractivity contribution < 1.29 is 0 Å². The Kier molecular flexibility index (Phi) is 4.63. The molecule has 1 atom stereocenters. The lowest BCUT2D eigenvalue weighted by Crippen LogP contribution is -2.11. The SMILES string of the molecule is CC(C)CCC(N)c1ccccc1Br. The highest BCUT2D eigenvalue weighted by Crippen LogP contribution is 2.25. The zero-order valence-electron chi connectivity index (χ0n) is 8.83. The zero-order valence-corrected chi connectivity index (χ0v) is 10.4. The van der Waals surface area contributed by atoms with Crippen molar-refractivity contribution in [3.05, 3.63) is 34.3 Å². The summed E-state index contributed by atoms with van der Waals surface area (Å²) in [5.74, 6) is 0.725. The maximum atomic E-state index is 6.11. The Morgan fingerprint density at radius 1 is 1.21 bits per heavy atom. The molecule has 0 aliphatic rings. The molecule has 0 fully saturated rings. The Balaban J connectivity index is 2.60. The molecular weight excluding hydrogens is 238 g/mol. The molecular formula is C12H18BrN. The summed E-state index contributed by atoms with van der Waals surface area (Å²) in [4.78, 5) is 0. The highest BCUT2D eigenvalue weighted by molar-refractivity contribution is 9.10. The third-order valence-electron chi connectivity index (χ3n) is 2.36. The van der Waals surface area contributed by atoms with E-state index < -0.39 is 0 Å². The van der Waals surface area contributed by atoms with Gasteiger partial charge in [0, 0.05) is 10.5 Å². The fourth-order valence-electron chi connectivity index (χ4n) is 1.44. The van der Waals surface area contributed by atoms with Crippen LogP contribution in [0.2, 0.25) is 0 Å². The molecule has 1 nitrogen and oxygen atoms in total. The van der Waals surface area contributed by atoms with Crippen molar-refractivity contribution >= 4 is 15.9 Å². The maximum absolute atomic E-state index is 6.11. The lowest BCUT2D eigenvalue weighted by molar-refractivity contribution is 0.506. The van der Waals surface area contributed by atoms with Crippen LogP contribution in [0, 0.1) is 5.92 Å². The van der Waals surface area contributed by atoms with E-state index in [-0.39, 0.29) is 6.04 Å². The van der Waals surface area contributed by atoms with Gasteiger partial charge in [0.05, 0.1) is 0 Å². The fourth-order valence-corrected chi connectivity index (χ4v) is 2.02. The van der Waals surface area contributed by atoms with Gasteiger partial charge in [0.1, 0.15) is 0 Å². The van der Waals surface area contributed by atoms with E-state index in [9.17, 15) is 0 Å². The molecule has 0 amide bonds. The molecule has 0 radical (unpaired) electrons. The number of hydrogen-bond donors (Lipinski definition) is 1. The van der Waals surface area contributed by atoms with Gasteiger partial charge in [-0.05, 0) is 30.4 Å². The Hall–Kier alpha value is -0.340. The molecule has 1 aromatic carbocycles. The van der Waals surface area contributed by atoms with Crippen LogP contribution >= 0.6 is 15.9 Å². The van der Waals surface area contributed by atoms with Gasteiger partial charge in [0.15, 0.2) is 0 Å². The summed E-state index contributed by atoms with van der Waals surface area (Å²) in [5, 5.41) is 0. The van der Waals surface area contributed by atoms with E-state index >= 15 is 0 Å². The summed E-state index contributed by atoms with van der Waals surface area (Å²) in [6, 6.07) is 8.35. The van der Waals surface area contributed by atoms with E-state index in [1.54, 1.807) is 0 Å². The standard InChI is InChI=1S/C12H18BrN/c1-9(2)7-8-12(14)10-5-3-4-6-11(10)13/h3-6,9,12H,7-8,14H2,1-2H3. The Morgan fingerprint density at radius 3 is 2.43 bits per heavy atom. The normalized spacial score (nSPS) is 13.2. The van der Waals surface area contributed by atoms with Crippen molar-refractivity contribution in [1.82, 2.24) is 0 Å². The summed E-state index contributed by atoms with van der Waals surface area (Å²) < 4.78 is 1.12. The Labute approximate surface area is 94.8 Å². The van der Waals surface area contributed by atoms with Crippen LogP contribution in [0.3, 0.4) is 0 Å². The summed E-state index contributed by atoms with van der Waals surface area (Å²) in [5.41, 5.74) is 7.33. The molecule has 0 bridgehead atoms. The molecule has 0 saturated carbocycles. The summed E-state index contributed by atoms with van der Waals surface area (Å²) in [6.45, 7) is 4.46. The van der Waals surface area contributed by atoms with Crippen molar-refractivity contribution in [2.45, 2.75) is 32.7 Å². The minimum absolute atomic E-state index is 0.160. The minimum Gasteiger partial charge on any atom is -0.324 e. The van der Waals surface area contributed by atoms with Crippen molar-refractivity contribution in [3.8, 4) is 0 Å². The van der Waals surface area contributed by atoms with Gasteiger partial charge in [-0.3, -0.25) is 0 Å². The van der Waals surface area contributed by atoms with E-state index in [0.29, 0.717) is 0 Å². The highest BCUT2D eigenvalue weighted by atomic mass is 79.9. The van der Waals surface area contributed by atoms with Crippen LogP contribution in [0.4, 0.5) is 0 Å². The molecule has 0 aliphatic carbocycles. The molecule has 1 aromatic rings. The number of nitrogens with two attached hydrogens (primary N) is 1. The van der Waals surface area contributed by atoms with E-state index in [1.165, 1.54) is 12.0 Å². The third-order valence-corrected chi connectivity index (χ3v) is 3.08. The Morgan fingerprint density at radius 2 is 1.86 bits per heavy atom. The van der Waals surface area contributed by atoms with Crippen LogP contribution in [0.25, 0.3) is 0 Å². The monoisotopic (exact) mass is 255 g/mol. The molecule has 0 heterocycles. The van der Waals surface area contributed by atoms with Gasteiger partial charge in [0.2, 0.25) is 0 Å².